The lowest BCUT2D eigenvalue weighted by Gasteiger charge is -2.22. The van der Waals surface area contributed by atoms with E-state index in [1.807, 2.05) is 0 Å². The minimum absolute atomic E-state index is 0.00329. The fourth-order valence-electron chi connectivity index (χ4n) is 2.82. The van der Waals surface area contributed by atoms with Crippen LogP contribution in [0.2, 0.25) is 10.0 Å². The van der Waals surface area contributed by atoms with Crippen LogP contribution in [0.3, 0.4) is 0 Å². The van der Waals surface area contributed by atoms with Crippen LogP contribution in [0, 0.1) is 5.41 Å². The molecule has 0 amide bonds. The zero-order valence-electron chi connectivity index (χ0n) is 13.0. The van der Waals surface area contributed by atoms with E-state index < -0.39 is 18.0 Å². The van der Waals surface area contributed by atoms with Crippen LogP contribution >= 0.6 is 23.2 Å². The van der Waals surface area contributed by atoms with Gasteiger partial charge < -0.3 is 14.6 Å². The SMILES string of the molecule is C=CC1(CCC(C)=O)Cc2cc(OCC(=O)O)c(Cl)c(Cl)c2C1=O. The molecule has 0 aromatic heterocycles. The monoisotopic (exact) mass is 370 g/mol. The number of carbonyl (C=O) groups excluding carboxylic acids is 2. The Morgan fingerprint density at radius 3 is 2.62 bits per heavy atom. The molecule has 0 spiro atoms. The quantitative estimate of drug-likeness (QED) is 0.739. The normalized spacial score (nSPS) is 19.0. The molecule has 1 atom stereocenters. The van der Waals surface area contributed by atoms with Crippen LogP contribution in [0.5, 0.6) is 5.75 Å². The lowest BCUT2D eigenvalue weighted by Crippen LogP contribution is -2.26. The molecule has 1 N–H and O–H groups in total. The number of hydrogen-bond acceptors (Lipinski definition) is 4. The number of benzene rings is 1. The van der Waals surface area contributed by atoms with Gasteiger partial charge in [-0.15, -0.1) is 6.58 Å². The standard InChI is InChI=1S/C17H16Cl2O5/c1-3-17(5-4-9(2)20)7-10-6-11(24-8-12(21)22)14(18)15(19)13(10)16(17)23/h3,6H,1,4-5,7-8H2,2H3,(H,21,22). The lowest BCUT2D eigenvalue weighted by atomic mass is 9.79. The number of aliphatic carboxylic acids is 1. The molecule has 1 unspecified atom stereocenters. The van der Waals surface area contributed by atoms with E-state index in [1.165, 1.54) is 13.0 Å². The topological polar surface area (TPSA) is 80.7 Å². The van der Waals surface area contributed by atoms with Crippen LogP contribution in [-0.4, -0.2) is 29.2 Å². The summed E-state index contributed by atoms with van der Waals surface area (Å²) in [4.78, 5) is 34.8. The van der Waals surface area contributed by atoms with Crippen LogP contribution in [0.4, 0.5) is 0 Å². The van der Waals surface area contributed by atoms with E-state index in [-0.39, 0.29) is 39.3 Å². The van der Waals surface area contributed by atoms with Crippen LogP contribution in [0.1, 0.15) is 35.7 Å². The summed E-state index contributed by atoms with van der Waals surface area (Å²) in [6, 6.07) is 1.53. The van der Waals surface area contributed by atoms with E-state index in [0.717, 1.165) is 0 Å². The Kier molecular flexibility index (Phi) is 5.35. The molecule has 24 heavy (non-hydrogen) atoms. The van der Waals surface area contributed by atoms with Gasteiger partial charge >= 0.3 is 5.97 Å². The Bertz CT molecular complexity index is 741. The molecule has 1 aliphatic carbocycles. The molecule has 128 valence electrons. The van der Waals surface area contributed by atoms with Gasteiger partial charge in [-0.2, -0.15) is 0 Å². The summed E-state index contributed by atoms with van der Waals surface area (Å²) in [7, 11) is 0. The molecule has 5 nitrogen and oxygen atoms in total. The number of ether oxygens (including phenoxy) is 1. The molecule has 7 heteroatoms. The van der Waals surface area contributed by atoms with Crippen molar-refractivity contribution in [2.45, 2.75) is 26.2 Å². The molecule has 0 radical (unpaired) electrons. The molecule has 1 aliphatic rings. The minimum atomic E-state index is -1.15. The number of Topliss-reactive ketones (excluding diaryl/α,β-unsaturated/α-hetero) is 2. The molecule has 0 saturated carbocycles. The molecule has 1 aromatic rings. The molecule has 0 fully saturated rings. The van der Waals surface area contributed by atoms with Crippen LogP contribution in [-0.2, 0) is 16.0 Å². The molecular formula is C17H16Cl2O5. The van der Waals surface area contributed by atoms with Crippen molar-refractivity contribution in [3.63, 3.8) is 0 Å². The Hall–Kier alpha value is -1.85. The number of rotatable bonds is 7. The zero-order chi connectivity index (χ0) is 18.1. The first-order chi connectivity index (χ1) is 11.2. The van der Waals surface area contributed by atoms with Crippen molar-refractivity contribution < 1.29 is 24.2 Å². The van der Waals surface area contributed by atoms with Crippen molar-refractivity contribution in [1.82, 2.24) is 0 Å². The number of carboxylic acids is 1. The number of hydrogen-bond donors (Lipinski definition) is 1. The van der Waals surface area contributed by atoms with Gasteiger partial charge in [0, 0.05) is 12.0 Å². The third-order valence-corrected chi connectivity index (χ3v) is 4.96. The van der Waals surface area contributed by atoms with Gasteiger partial charge in [0.1, 0.15) is 16.6 Å². The summed E-state index contributed by atoms with van der Waals surface area (Å²) in [5, 5.41) is 8.74. The summed E-state index contributed by atoms with van der Waals surface area (Å²) >= 11 is 12.3. The molecule has 0 saturated heterocycles. The van der Waals surface area contributed by atoms with Crippen LogP contribution in [0.15, 0.2) is 18.7 Å². The highest BCUT2D eigenvalue weighted by atomic mass is 35.5. The smallest absolute Gasteiger partial charge is 0.341 e. The van der Waals surface area contributed by atoms with Crippen molar-refractivity contribution in [3.05, 3.63) is 39.9 Å². The highest BCUT2D eigenvalue weighted by Gasteiger charge is 2.45. The summed E-state index contributed by atoms with van der Waals surface area (Å²) < 4.78 is 5.13. The van der Waals surface area contributed by atoms with E-state index in [9.17, 15) is 14.4 Å². The van der Waals surface area contributed by atoms with Gasteiger partial charge in [-0.25, -0.2) is 4.79 Å². The van der Waals surface area contributed by atoms with Crippen molar-refractivity contribution >= 4 is 40.7 Å². The van der Waals surface area contributed by atoms with Gasteiger partial charge in [-0.3, -0.25) is 4.79 Å². The van der Waals surface area contributed by atoms with E-state index in [0.29, 0.717) is 18.4 Å². The number of fused-ring (bicyclic) bond motifs is 1. The number of carboxylic acid groups (broad SMARTS) is 1. The van der Waals surface area contributed by atoms with Gasteiger partial charge in [0.15, 0.2) is 12.4 Å². The van der Waals surface area contributed by atoms with E-state index in [2.05, 4.69) is 6.58 Å². The number of halogens is 2. The number of ketones is 2. The van der Waals surface area contributed by atoms with Crippen molar-refractivity contribution in [3.8, 4) is 5.75 Å². The van der Waals surface area contributed by atoms with Crippen molar-refractivity contribution in [2.24, 2.45) is 5.41 Å². The Morgan fingerprint density at radius 2 is 2.08 bits per heavy atom. The second-order valence-corrected chi connectivity index (χ2v) is 6.54. The highest BCUT2D eigenvalue weighted by molar-refractivity contribution is 6.45. The molecule has 0 bridgehead atoms. The molecule has 2 rings (SSSR count). The zero-order valence-corrected chi connectivity index (χ0v) is 14.5. The van der Waals surface area contributed by atoms with E-state index >= 15 is 0 Å². The lowest BCUT2D eigenvalue weighted by molar-refractivity contribution is -0.139. The molecular weight excluding hydrogens is 355 g/mol. The van der Waals surface area contributed by atoms with Gasteiger partial charge in [0.2, 0.25) is 0 Å². The molecule has 0 heterocycles. The summed E-state index contributed by atoms with van der Waals surface area (Å²) in [6.45, 7) is 4.64. The molecule has 1 aromatic carbocycles. The van der Waals surface area contributed by atoms with Gasteiger partial charge in [0.05, 0.1) is 10.4 Å². The van der Waals surface area contributed by atoms with Crippen LogP contribution in [0.25, 0.3) is 0 Å². The first kappa shape index (κ1) is 18.5. The van der Waals surface area contributed by atoms with Gasteiger partial charge in [0.25, 0.3) is 0 Å². The maximum absolute atomic E-state index is 12.9. The Balaban J connectivity index is 2.42. The molecule has 0 aliphatic heterocycles. The van der Waals surface area contributed by atoms with E-state index in [1.54, 1.807) is 6.08 Å². The maximum atomic E-state index is 12.9. The highest BCUT2D eigenvalue weighted by Crippen LogP contribution is 2.48. The summed E-state index contributed by atoms with van der Waals surface area (Å²) in [6.07, 6.45) is 2.44. The third-order valence-electron chi connectivity index (χ3n) is 4.11. The van der Waals surface area contributed by atoms with E-state index in [4.69, 9.17) is 33.0 Å². The summed E-state index contributed by atoms with van der Waals surface area (Å²) in [5.74, 6) is -1.29. The maximum Gasteiger partial charge on any atom is 0.341 e. The Labute approximate surface area is 149 Å². The largest absolute Gasteiger partial charge is 0.480 e. The first-order valence-electron chi connectivity index (χ1n) is 7.25. The fraction of sp³-hybridized carbons (Fsp3) is 0.353. The van der Waals surface area contributed by atoms with Crippen molar-refractivity contribution in [2.75, 3.05) is 6.61 Å². The van der Waals surface area contributed by atoms with Crippen molar-refractivity contribution in [1.29, 1.82) is 0 Å². The predicted molar refractivity (Wildman–Crippen MR) is 90.2 cm³/mol. The minimum Gasteiger partial charge on any atom is -0.480 e. The first-order valence-corrected chi connectivity index (χ1v) is 8.00. The summed E-state index contributed by atoms with van der Waals surface area (Å²) in [5.41, 5.74) is -0.0158. The number of allylic oxidation sites excluding steroid dienone is 1. The third kappa shape index (κ3) is 3.32. The fourth-order valence-corrected chi connectivity index (χ4v) is 3.32. The number of carbonyl (C=O) groups is 3. The average Bonchev–Trinajstić information content (AvgIpc) is 2.80. The Morgan fingerprint density at radius 1 is 1.42 bits per heavy atom. The average molecular weight is 371 g/mol. The van der Waals surface area contributed by atoms with Crippen LogP contribution < -0.4 is 4.74 Å². The van der Waals surface area contributed by atoms with Gasteiger partial charge in [-0.1, -0.05) is 29.3 Å². The second kappa shape index (κ2) is 6.95. The predicted octanol–water partition coefficient (Wildman–Crippen LogP) is 3.74. The van der Waals surface area contributed by atoms with Gasteiger partial charge in [-0.05, 0) is 31.4 Å². The second-order valence-electron chi connectivity index (χ2n) is 5.79.